The minimum Gasteiger partial charge on any atom is -0.506 e. The van der Waals surface area contributed by atoms with Crippen LogP contribution in [0.15, 0.2) is 47.6 Å². The fourth-order valence-electron chi connectivity index (χ4n) is 2.52. The highest BCUT2D eigenvalue weighted by molar-refractivity contribution is 6.15. The molecule has 2 aromatic carbocycles. The van der Waals surface area contributed by atoms with Crippen LogP contribution in [0.4, 0.5) is 5.69 Å². The normalized spacial score (nSPS) is 17.1. The number of benzene rings is 2. The molecule has 5 nitrogen and oxygen atoms in total. The molecule has 0 radical (unpaired) electrons. The Morgan fingerprint density at radius 2 is 2.05 bits per heavy atom. The zero-order valence-electron chi connectivity index (χ0n) is 11.5. The molecule has 0 aliphatic carbocycles. The third kappa shape index (κ3) is 2.12. The number of carbonyl (C=O) groups is 1. The van der Waals surface area contributed by atoms with Gasteiger partial charge in [-0.3, -0.25) is 5.01 Å². The van der Waals surface area contributed by atoms with Gasteiger partial charge in [-0.2, -0.15) is 5.10 Å². The number of nitrogens with zero attached hydrogens (tertiary/aromatic N) is 2. The van der Waals surface area contributed by atoms with Crippen molar-refractivity contribution in [2.24, 2.45) is 5.10 Å². The Morgan fingerprint density at radius 1 is 1.29 bits per heavy atom. The van der Waals surface area contributed by atoms with Crippen LogP contribution in [0.3, 0.4) is 0 Å². The Morgan fingerprint density at radius 3 is 2.76 bits per heavy atom. The number of phenolic OH excluding ortho intramolecular Hbond substituents is 1. The Hall–Kier alpha value is -2.82. The van der Waals surface area contributed by atoms with Gasteiger partial charge in [-0.05, 0) is 23.8 Å². The number of nitrogen functional groups attached to an aromatic ring is 1. The second-order valence-corrected chi connectivity index (χ2v) is 4.96. The molecule has 1 heterocycles. The lowest BCUT2D eigenvalue weighted by Crippen LogP contribution is -2.29. The van der Waals surface area contributed by atoms with E-state index >= 15 is 0 Å². The number of phenols is 1. The van der Waals surface area contributed by atoms with E-state index in [0.717, 1.165) is 28.7 Å². The zero-order valence-corrected chi connectivity index (χ0v) is 11.5. The average molecular weight is 281 g/mol. The van der Waals surface area contributed by atoms with E-state index in [1.54, 1.807) is 30.3 Å². The zero-order chi connectivity index (χ0) is 15.0. The maximum absolute atomic E-state index is 11.3. The quantitative estimate of drug-likeness (QED) is 0.500. The summed E-state index contributed by atoms with van der Waals surface area (Å²) in [5.74, 6) is 0.0440. The molecule has 3 N–H and O–H groups in total. The van der Waals surface area contributed by atoms with Crippen molar-refractivity contribution in [3.05, 3.63) is 59.2 Å². The van der Waals surface area contributed by atoms with Crippen LogP contribution in [0.1, 0.15) is 22.7 Å². The van der Waals surface area contributed by atoms with Gasteiger partial charge in [0.15, 0.2) is 0 Å². The standard InChI is InChI=1S/C16H15N3O2/c1-19-14(9-20)11-4-2-3-5-12(11)16(18-19)10-6-7-15(21)13(17)8-10/h2-9,14,21H,17H2,1H3. The molecule has 1 unspecified atom stereocenters. The number of carbonyl (C=O) groups excluding carboxylic acids is 1. The Labute approximate surface area is 122 Å². The van der Waals surface area contributed by atoms with Crippen LogP contribution in [0.5, 0.6) is 5.75 Å². The van der Waals surface area contributed by atoms with Crippen molar-refractivity contribution in [3.8, 4) is 5.75 Å². The summed E-state index contributed by atoms with van der Waals surface area (Å²) in [5.41, 5.74) is 9.40. The summed E-state index contributed by atoms with van der Waals surface area (Å²) in [4.78, 5) is 11.3. The van der Waals surface area contributed by atoms with Crippen LogP contribution in [0, 0.1) is 0 Å². The molecular weight excluding hydrogens is 266 g/mol. The third-order valence-electron chi connectivity index (χ3n) is 3.62. The summed E-state index contributed by atoms with van der Waals surface area (Å²) in [6.45, 7) is 0. The van der Waals surface area contributed by atoms with Crippen molar-refractivity contribution in [3.63, 3.8) is 0 Å². The summed E-state index contributed by atoms with van der Waals surface area (Å²) in [6, 6.07) is 12.3. The lowest BCUT2D eigenvalue weighted by atomic mass is 9.92. The minimum absolute atomic E-state index is 0.0440. The number of anilines is 1. The summed E-state index contributed by atoms with van der Waals surface area (Å²) in [7, 11) is 1.76. The van der Waals surface area contributed by atoms with E-state index < -0.39 is 0 Å². The monoisotopic (exact) mass is 281 g/mol. The molecule has 1 aliphatic heterocycles. The Kier molecular flexibility index (Phi) is 3.10. The summed E-state index contributed by atoms with van der Waals surface area (Å²) < 4.78 is 0. The van der Waals surface area contributed by atoms with Crippen molar-refractivity contribution >= 4 is 17.7 Å². The third-order valence-corrected chi connectivity index (χ3v) is 3.62. The number of hydrogen-bond acceptors (Lipinski definition) is 5. The van der Waals surface area contributed by atoms with Gasteiger partial charge in [0.25, 0.3) is 0 Å². The molecule has 0 bridgehead atoms. The molecule has 0 amide bonds. The van der Waals surface area contributed by atoms with Crippen molar-refractivity contribution < 1.29 is 9.90 Å². The van der Waals surface area contributed by atoms with Gasteiger partial charge in [0, 0.05) is 18.2 Å². The van der Waals surface area contributed by atoms with Gasteiger partial charge in [-0.25, -0.2) is 0 Å². The van der Waals surface area contributed by atoms with E-state index in [-0.39, 0.29) is 11.8 Å². The van der Waals surface area contributed by atoms with E-state index in [0.29, 0.717) is 5.69 Å². The van der Waals surface area contributed by atoms with E-state index in [9.17, 15) is 9.90 Å². The second-order valence-electron chi connectivity index (χ2n) is 4.96. The van der Waals surface area contributed by atoms with Crippen LogP contribution in [0.2, 0.25) is 0 Å². The molecule has 0 saturated carbocycles. The van der Waals surface area contributed by atoms with Gasteiger partial charge in [0.05, 0.1) is 11.4 Å². The van der Waals surface area contributed by atoms with Gasteiger partial charge in [-0.15, -0.1) is 0 Å². The maximum Gasteiger partial charge on any atom is 0.148 e. The maximum atomic E-state index is 11.3. The van der Waals surface area contributed by atoms with E-state index in [1.165, 1.54) is 0 Å². The summed E-state index contributed by atoms with van der Waals surface area (Å²) in [5, 5.41) is 15.7. The molecule has 2 aromatic rings. The van der Waals surface area contributed by atoms with Crippen LogP contribution >= 0.6 is 0 Å². The van der Waals surface area contributed by atoms with Crippen molar-refractivity contribution in [2.75, 3.05) is 12.8 Å². The number of aromatic hydroxyl groups is 1. The molecule has 3 rings (SSSR count). The molecular formula is C16H15N3O2. The predicted molar refractivity (Wildman–Crippen MR) is 81.2 cm³/mol. The summed E-state index contributed by atoms with van der Waals surface area (Å²) in [6.07, 6.45) is 0.879. The highest BCUT2D eigenvalue weighted by Crippen LogP contribution is 2.31. The molecule has 21 heavy (non-hydrogen) atoms. The Balaban J connectivity index is 2.18. The first kappa shape index (κ1) is 13.2. The lowest BCUT2D eigenvalue weighted by Gasteiger charge is -2.29. The number of rotatable bonds is 2. The first-order valence-electron chi connectivity index (χ1n) is 6.56. The smallest absolute Gasteiger partial charge is 0.148 e. The molecule has 1 aliphatic rings. The number of aldehydes is 1. The number of hydrazone groups is 1. The highest BCUT2D eigenvalue weighted by atomic mass is 16.3. The molecule has 0 fully saturated rings. The second kappa shape index (κ2) is 4.94. The van der Waals surface area contributed by atoms with Gasteiger partial charge >= 0.3 is 0 Å². The fourth-order valence-corrected chi connectivity index (χ4v) is 2.52. The first-order valence-corrected chi connectivity index (χ1v) is 6.56. The van der Waals surface area contributed by atoms with Gasteiger partial charge in [0.2, 0.25) is 0 Å². The number of fused-ring (bicyclic) bond motifs is 1. The number of nitrogens with two attached hydrogens (primary N) is 1. The molecule has 0 saturated heterocycles. The van der Waals surface area contributed by atoms with Gasteiger partial charge in [-0.1, -0.05) is 24.3 Å². The van der Waals surface area contributed by atoms with Crippen LogP contribution in [-0.2, 0) is 4.79 Å². The van der Waals surface area contributed by atoms with E-state index in [1.807, 2.05) is 24.3 Å². The topological polar surface area (TPSA) is 78.9 Å². The largest absolute Gasteiger partial charge is 0.506 e. The SMILES string of the molecule is CN1N=C(c2ccc(O)c(N)c2)c2ccccc2C1C=O. The van der Waals surface area contributed by atoms with Crippen LogP contribution in [0.25, 0.3) is 0 Å². The van der Waals surface area contributed by atoms with E-state index in [4.69, 9.17) is 5.73 Å². The van der Waals surface area contributed by atoms with Crippen molar-refractivity contribution in [1.29, 1.82) is 0 Å². The minimum atomic E-state index is -0.389. The van der Waals surface area contributed by atoms with Crippen LogP contribution in [-0.4, -0.2) is 29.2 Å². The fraction of sp³-hybridized carbons (Fsp3) is 0.125. The van der Waals surface area contributed by atoms with E-state index in [2.05, 4.69) is 5.10 Å². The molecule has 0 aromatic heterocycles. The van der Waals surface area contributed by atoms with Crippen LogP contribution < -0.4 is 5.73 Å². The predicted octanol–water partition coefficient (Wildman–Crippen LogP) is 1.91. The lowest BCUT2D eigenvalue weighted by molar-refractivity contribution is -0.112. The molecule has 0 spiro atoms. The molecule has 1 atom stereocenters. The van der Waals surface area contributed by atoms with Crippen molar-refractivity contribution in [2.45, 2.75) is 6.04 Å². The van der Waals surface area contributed by atoms with Gasteiger partial charge in [0.1, 0.15) is 18.1 Å². The Bertz CT molecular complexity index is 740. The van der Waals surface area contributed by atoms with Gasteiger partial charge < -0.3 is 15.6 Å². The molecule has 106 valence electrons. The van der Waals surface area contributed by atoms with Crippen molar-refractivity contribution in [1.82, 2.24) is 5.01 Å². The average Bonchev–Trinajstić information content (AvgIpc) is 2.49. The summed E-state index contributed by atoms with van der Waals surface area (Å²) >= 11 is 0. The number of hydrogen-bond donors (Lipinski definition) is 2. The highest BCUT2D eigenvalue weighted by Gasteiger charge is 2.26. The number of likely N-dealkylation sites (N-methyl/N-ethyl adjacent to an activating group) is 1. The molecule has 5 heteroatoms. The first-order chi connectivity index (χ1) is 10.1.